The summed E-state index contributed by atoms with van der Waals surface area (Å²) in [4.78, 5) is 33.9. The van der Waals surface area contributed by atoms with E-state index in [1.807, 2.05) is 28.5 Å². The molecule has 0 saturated carbocycles. The zero-order chi connectivity index (χ0) is 23.2. The lowest BCUT2D eigenvalue weighted by Crippen LogP contribution is -2.49. The molecule has 0 bridgehead atoms. The second-order valence-corrected chi connectivity index (χ2v) is 8.41. The van der Waals surface area contributed by atoms with E-state index in [1.54, 1.807) is 25.3 Å². The number of anilines is 2. The van der Waals surface area contributed by atoms with E-state index in [-0.39, 0.29) is 18.2 Å². The van der Waals surface area contributed by atoms with E-state index in [0.717, 1.165) is 13.1 Å². The number of piperazine rings is 1. The summed E-state index contributed by atoms with van der Waals surface area (Å²) in [5.41, 5.74) is 2.26. The average Bonchev–Trinajstić information content (AvgIpc) is 3.30. The van der Waals surface area contributed by atoms with Gasteiger partial charge in [0.1, 0.15) is 0 Å². The lowest BCUT2D eigenvalue weighted by atomic mass is 10.2. The Bertz CT molecular complexity index is 1110. The Morgan fingerprint density at radius 1 is 1.00 bits per heavy atom. The van der Waals surface area contributed by atoms with Crippen molar-refractivity contribution in [3.05, 3.63) is 65.2 Å². The molecule has 2 amide bonds. The molecule has 3 aromatic rings. The van der Waals surface area contributed by atoms with Crippen LogP contribution in [0.4, 0.5) is 10.8 Å². The molecule has 9 heteroatoms. The molecule has 1 N–H and O–H groups in total. The first-order valence-electron chi connectivity index (χ1n) is 10.6. The third-order valence-electron chi connectivity index (χ3n) is 5.50. The molecule has 0 unspecified atom stereocenters. The lowest BCUT2D eigenvalue weighted by molar-refractivity contribution is -0.130. The van der Waals surface area contributed by atoms with E-state index in [9.17, 15) is 9.59 Å². The van der Waals surface area contributed by atoms with Gasteiger partial charge in [-0.1, -0.05) is 18.2 Å². The molecule has 1 saturated heterocycles. The van der Waals surface area contributed by atoms with Crippen LogP contribution in [0, 0.1) is 0 Å². The highest BCUT2D eigenvalue weighted by Crippen LogP contribution is 2.28. The third-order valence-corrected chi connectivity index (χ3v) is 6.31. The van der Waals surface area contributed by atoms with Gasteiger partial charge in [-0.05, 0) is 30.3 Å². The molecule has 1 aliphatic heterocycles. The van der Waals surface area contributed by atoms with Crippen molar-refractivity contribution in [1.29, 1.82) is 0 Å². The van der Waals surface area contributed by atoms with E-state index in [4.69, 9.17) is 9.47 Å². The molecule has 1 aliphatic rings. The van der Waals surface area contributed by atoms with Crippen LogP contribution in [0.2, 0.25) is 0 Å². The molecular formula is C24H26N4O4S. The van der Waals surface area contributed by atoms with Gasteiger partial charge >= 0.3 is 0 Å². The molecule has 0 spiro atoms. The van der Waals surface area contributed by atoms with Crippen molar-refractivity contribution in [2.75, 3.05) is 50.6 Å². The second-order valence-electron chi connectivity index (χ2n) is 7.55. The van der Waals surface area contributed by atoms with Crippen LogP contribution in [-0.4, -0.2) is 62.1 Å². The maximum Gasteiger partial charge on any atom is 0.257 e. The van der Waals surface area contributed by atoms with Crippen LogP contribution >= 0.6 is 11.3 Å². The van der Waals surface area contributed by atoms with Gasteiger partial charge in [0.15, 0.2) is 16.6 Å². The topological polar surface area (TPSA) is 84.0 Å². The number of para-hydroxylation sites is 1. The van der Waals surface area contributed by atoms with Crippen LogP contribution in [0.15, 0.2) is 53.9 Å². The Balaban J connectivity index is 1.31. The van der Waals surface area contributed by atoms with Gasteiger partial charge in [0.25, 0.3) is 5.91 Å². The number of methoxy groups -OCH3 is 2. The number of benzene rings is 2. The Hall–Kier alpha value is -3.59. The molecule has 172 valence electrons. The van der Waals surface area contributed by atoms with E-state index >= 15 is 0 Å². The highest BCUT2D eigenvalue weighted by atomic mass is 32.1. The zero-order valence-electron chi connectivity index (χ0n) is 18.6. The number of thiazole rings is 1. The molecule has 0 radical (unpaired) electrons. The van der Waals surface area contributed by atoms with Gasteiger partial charge in [0.05, 0.1) is 26.3 Å². The SMILES string of the molecule is COc1ccc(C(=O)Nc2nc(CC(=O)N3CCN(c4ccccc4)CC3)cs2)cc1OC. The number of nitrogens with zero attached hydrogens (tertiary/aromatic N) is 3. The van der Waals surface area contributed by atoms with Crippen LogP contribution in [0.25, 0.3) is 0 Å². The van der Waals surface area contributed by atoms with Crippen LogP contribution in [-0.2, 0) is 11.2 Å². The van der Waals surface area contributed by atoms with Crippen molar-refractivity contribution in [3.63, 3.8) is 0 Å². The predicted octanol–water partition coefficient (Wildman–Crippen LogP) is 3.30. The number of ether oxygens (including phenoxy) is 2. The normalized spacial score (nSPS) is 13.5. The molecule has 0 atom stereocenters. The summed E-state index contributed by atoms with van der Waals surface area (Å²) in [6, 6.07) is 15.2. The van der Waals surface area contributed by atoms with Gasteiger partial charge in [-0.3, -0.25) is 14.9 Å². The second kappa shape index (κ2) is 10.4. The molecule has 1 fully saturated rings. The molecular weight excluding hydrogens is 440 g/mol. The molecule has 4 rings (SSSR count). The number of rotatable bonds is 7. The van der Waals surface area contributed by atoms with Crippen LogP contribution in [0.3, 0.4) is 0 Å². The van der Waals surface area contributed by atoms with Gasteiger partial charge in [0.2, 0.25) is 5.91 Å². The Kier molecular flexibility index (Phi) is 7.09. The Morgan fingerprint density at radius 3 is 2.42 bits per heavy atom. The van der Waals surface area contributed by atoms with Crippen molar-refractivity contribution >= 4 is 34.0 Å². The summed E-state index contributed by atoms with van der Waals surface area (Å²) < 4.78 is 10.5. The van der Waals surface area contributed by atoms with E-state index in [2.05, 4.69) is 27.3 Å². The fraction of sp³-hybridized carbons (Fsp3) is 0.292. The van der Waals surface area contributed by atoms with Gasteiger partial charge in [-0.2, -0.15) is 0 Å². The van der Waals surface area contributed by atoms with Gasteiger partial charge in [0, 0.05) is 42.8 Å². The summed E-state index contributed by atoms with van der Waals surface area (Å²) >= 11 is 1.30. The minimum absolute atomic E-state index is 0.0470. The first-order chi connectivity index (χ1) is 16.1. The fourth-order valence-electron chi connectivity index (χ4n) is 3.71. The zero-order valence-corrected chi connectivity index (χ0v) is 19.4. The average molecular weight is 467 g/mol. The fourth-order valence-corrected chi connectivity index (χ4v) is 4.42. The van der Waals surface area contributed by atoms with Gasteiger partial charge in [-0.25, -0.2) is 4.98 Å². The monoisotopic (exact) mass is 466 g/mol. The summed E-state index contributed by atoms with van der Waals surface area (Å²) in [5.74, 6) is 0.766. The molecule has 33 heavy (non-hydrogen) atoms. The molecule has 0 aliphatic carbocycles. The molecule has 1 aromatic heterocycles. The summed E-state index contributed by atoms with van der Waals surface area (Å²) in [7, 11) is 3.06. The maximum absolute atomic E-state index is 12.8. The number of hydrogen-bond donors (Lipinski definition) is 1. The smallest absolute Gasteiger partial charge is 0.257 e. The van der Waals surface area contributed by atoms with Crippen LogP contribution < -0.4 is 19.7 Å². The number of carbonyl (C=O) groups excluding carboxylic acids is 2. The van der Waals surface area contributed by atoms with E-state index in [0.29, 0.717) is 41.0 Å². The Morgan fingerprint density at radius 2 is 1.73 bits per heavy atom. The molecule has 2 aromatic carbocycles. The number of amides is 2. The number of aromatic nitrogens is 1. The standard InChI is InChI=1S/C24H26N4O4S/c1-31-20-9-8-17(14-21(20)32-2)23(30)26-24-25-18(16-33-24)15-22(29)28-12-10-27(11-13-28)19-6-4-3-5-7-19/h3-9,14,16H,10-13,15H2,1-2H3,(H,25,26,30). The van der Waals surface area contributed by atoms with Crippen molar-refractivity contribution in [2.45, 2.75) is 6.42 Å². The third kappa shape index (κ3) is 5.43. The molecule has 8 nitrogen and oxygen atoms in total. The van der Waals surface area contributed by atoms with Crippen molar-refractivity contribution < 1.29 is 19.1 Å². The van der Waals surface area contributed by atoms with Crippen molar-refractivity contribution in [3.8, 4) is 11.5 Å². The highest BCUT2D eigenvalue weighted by Gasteiger charge is 2.22. The predicted molar refractivity (Wildman–Crippen MR) is 129 cm³/mol. The Labute approximate surface area is 196 Å². The van der Waals surface area contributed by atoms with Crippen LogP contribution in [0.1, 0.15) is 16.1 Å². The van der Waals surface area contributed by atoms with Crippen LogP contribution in [0.5, 0.6) is 11.5 Å². The first-order valence-corrected chi connectivity index (χ1v) is 11.5. The number of nitrogens with one attached hydrogen (secondary N) is 1. The van der Waals surface area contributed by atoms with Crippen molar-refractivity contribution in [1.82, 2.24) is 9.88 Å². The van der Waals surface area contributed by atoms with Crippen molar-refractivity contribution in [2.24, 2.45) is 0 Å². The minimum atomic E-state index is -0.305. The largest absolute Gasteiger partial charge is 0.493 e. The minimum Gasteiger partial charge on any atom is -0.493 e. The van der Waals surface area contributed by atoms with E-state index < -0.39 is 0 Å². The summed E-state index contributed by atoms with van der Waals surface area (Å²) in [6.07, 6.45) is 0.216. The number of hydrogen-bond acceptors (Lipinski definition) is 7. The number of carbonyl (C=O) groups is 2. The quantitative estimate of drug-likeness (QED) is 0.575. The first kappa shape index (κ1) is 22.6. The summed E-state index contributed by atoms with van der Waals surface area (Å²) in [5, 5.41) is 5.04. The lowest BCUT2D eigenvalue weighted by Gasteiger charge is -2.36. The van der Waals surface area contributed by atoms with Gasteiger partial charge in [-0.15, -0.1) is 11.3 Å². The highest BCUT2D eigenvalue weighted by molar-refractivity contribution is 7.14. The molecule has 2 heterocycles. The maximum atomic E-state index is 12.8. The summed E-state index contributed by atoms with van der Waals surface area (Å²) in [6.45, 7) is 2.97. The van der Waals surface area contributed by atoms with Gasteiger partial charge < -0.3 is 19.3 Å². The van der Waals surface area contributed by atoms with E-state index in [1.165, 1.54) is 24.1 Å².